The van der Waals surface area contributed by atoms with Gasteiger partial charge < -0.3 is 25.3 Å². The molecule has 1 rings (SSSR count). The average Bonchev–Trinajstić information content (AvgIpc) is 3.14. The van der Waals surface area contributed by atoms with Gasteiger partial charge in [0.2, 0.25) is 5.91 Å². The summed E-state index contributed by atoms with van der Waals surface area (Å²) in [7, 11) is 1.64. The summed E-state index contributed by atoms with van der Waals surface area (Å²) < 4.78 is 15.5. The quantitative estimate of drug-likeness (QED) is 0.469. The van der Waals surface area contributed by atoms with Crippen molar-refractivity contribution in [3.8, 4) is 0 Å². The molecule has 0 aromatic heterocycles. The standard InChI is InChI=1S/C12H24N2O4/c1-16-6-7-18-9-8-17-5-4-11(12(13)15)14-10-2-3-10/h10-11,14H,2-9H2,1H3,(H2,13,15). The minimum absolute atomic E-state index is 0.271. The van der Waals surface area contributed by atoms with Gasteiger partial charge in [0, 0.05) is 19.8 Å². The maximum Gasteiger partial charge on any atom is 0.234 e. The van der Waals surface area contributed by atoms with Crippen LogP contribution in [0, 0.1) is 0 Å². The van der Waals surface area contributed by atoms with Crippen LogP contribution in [0.1, 0.15) is 19.3 Å². The van der Waals surface area contributed by atoms with Gasteiger partial charge in [0.25, 0.3) is 0 Å². The van der Waals surface area contributed by atoms with Crippen LogP contribution in [0.2, 0.25) is 0 Å². The van der Waals surface area contributed by atoms with Gasteiger partial charge >= 0.3 is 0 Å². The molecule has 0 saturated heterocycles. The van der Waals surface area contributed by atoms with Gasteiger partial charge in [0.05, 0.1) is 32.5 Å². The van der Waals surface area contributed by atoms with Crippen LogP contribution in [0.15, 0.2) is 0 Å². The van der Waals surface area contributed by atoms with Crippen LogP contribution in [-0.4, -0.2) is 58.1 Å². The first kappa shape index (κ1) is 15.4. The molecule has 0 aliphatic heterocycles. The van der Waals surface area contributed by atoms with E-state index in [4.69, 9.17) is 19.9 Å². The zero-order valence-electron chi connectivity index (χ0n) is 11.0. The molecule has 0 aromatic rings. The molecule has 1 amide bonds. The molecule has 0 radical (unpaired) electrons. The molecule has 6 nitrogen and oxygen atoms in total. The van der Waals surface area contributed by atoms with Crippen molar-refractivity contribution >= 4 is 5.91 Å². The van der Waals surface area contributed by atoms with E-state index in [2.05, 4.69) is 5.32 Å². The Hall–Kier alpha value is -0.690. The van der Waals surface area contributed by atoms with Gasteiger partial charge in [-0.15, -0.1) is 0 Å². The summed E-state index contributed by atoms with van der Waals surface area (Å²) in [5.41, 5.74) is 5.31. The molecule has 0 spiro atoms. The Labute approximate surface area is 108 Å². The van der Waals surface area contributed by atoms with Crippen LogP contribution >= 0.6 is 0 Å². The van der Waals surface area contributed by atoms with Gasteiger partial charge in [-0.2, -0.15) is 0 Å². The lowest BCUT2D eigenvalue weighted by atomic mass is 10.2. The van der Waals surface area contributed by atoms with Crippen LogP contribution in [0.25, 0.3) is 0 Å². The van der Waals surface area contributed by atoms with Crippen LogP contribution in [0.3, 0.4) is 0 Å². The Bertz CT molecular complexity index is 234. The molecule has 1 saturated carbocycles. The van der Waals surface area contributed by atoms with Gasteiger partial charge in [-0.25, -0.2) is 0 Å². The molecule has 1 unspecified atom stereocenters. The molecular weight excluding hydrogens is 236 g/mol. The second-order valence-corrected chi connectivity index (χ2v) is 4.40. The van der Waals surface area contributed by atoms with E-state index in [-0.39, 0.29) is 11.9 Å². The number of nitrogens with one attached hydrogen (secondary N) is 1. The molecule has 6 heteroatoms. The topological polar surface area (TPSA) is 82.8 Å². The van der Waals surface area contributed by atoms with Crippen molar-refractivity contribution in [2.45, 2.75) is 31.3 Å². The van der Waals surface area contributed by atoms with Gasteiger partial charge in [-0.1, -0.05) is 0 Å². The van der Waals surface area contributed by atoms with Crippen LogP contribution in [-0.2, 0) is 19.0 Å². The first-order valence-corrected chi connectivity index (χ1v) is 6.44. The fourth-order valence-corrected chi connectivity index (χ4v) is 1.51. The van der Waals surface area contributed by atoms with E-state index in [0.29, 0.717) is 45.5 Å². The molecule has 106 valence electrons. The lowest BCUT2D eigenvalue weighted by Gasteiger charge is -2.14. The first-order valence-electron chi connectivity index (χ1n) is 6.44. The lowest BCUT2D eigenvalue weighted by Crippen LogP contribution is -2.43. The fraction of sp³-hybridized carbons (Fsp3) is 0.917. The Morgan fingerprint density at radius 3 is 2.39 bits per heavy atom. The highest BCUT2D eigenvalue weighted by Crippen LogP contribution is 2.19. The molecule has 1 atom stereocenters. The Morgan fingerprint density at radius 1 is 1.22 bits per heavy atom. The van der Waals surface area contributed by atoms with E-state index >= 15 is 0 Å². The Morgan fingerprint density at radius 2 is 1.83 bits per heavy atom. The zero-order valence-corrected chi connectivity index (χ0v) is 11.0. The normalized spacial score (nSPS) is 16.7. The molecule has 18 heavy (non-hydrogen) atoms. The van der Waals surface area contributed by atoms with E-state index in [1.165, 1.54) is 0 Å². The summed E-state index contributed by atoms with van der Waals surface area (Å²) >= 11 is 0. The highest BCUT2D eigenvalue weighted by molar-refractivity contribution is 5.79. The highest BCUT2D eigenvalue weighted by atomic mass is 16.5. The molecule has 0 aromatic carbocycles. The van der Waals surface area contributed by atoms with E-state index < -0.39 is 0 Å². The van der Waals surface area contributed by atoms with Crippen molar-refractivity contribution in [2.75, 3.05) is 40.1 Å². The monoisotopic (exact) mass is 260 g/mol. The molecule has 1 aliphatic carbocycles. The van der Waals surface area contributed by atoms with Gasteiger partial charge in [0.15, 0.2) is 0 Å². The SMILES string of the molecule is COCCOCCOCCC(NC1CC1)C(N)=O. The number of carbonyl (C=O) groups excluding carboxylic acids is 1. The van der Waals surface area contributed by atoms with Crippen LogP contribution in [0.4, 0.5) is 0 Å². The number of rotatable bonds is 12. The summed E-state index contributed by atoms with van der Waals surface area (Å²) in [6, 6.07) is 0.201. The van der Waals surface area contributed by atoms with Crippen LogP contribution < -0.4 is 11.1 Å². The molecule has 1 fully saturated rings. The third kappa shape index (κ3) is 7.60. The summed E-state index contributed by atoms with van der Waals surface area (Å²) in [5, 5.41) is 3.21. The molecule has 1 aliphatic rings. The number of hydrogen-bond acceptors (Lipinski definition) is 5. The zero-order chi connectivity index (χ0) is 13.2. The van der Waals surface area contributed by atoms with E-state index in [0.717, 1.165) is 12.8 Å². The first-order chi connectivity index (χ1) is 8.74. The number of primary amides is 1. The third-order valence-corrected chi connectivity index (χ3v) is 2.71. The second kappa shape index (κ2) is 9.27. The summed E-state index contributed by atoms with van der Waals surface area (Å²) in [6.07, 6.45) is 2.89. The maximum absolute atomic E-state index is 11.2. The van der Waals surface area contributed by atoms with Gasteiger partial charge in [-0.05, 0) is 19.3 Å². The van der Waals surface area contributed by atoms with Gasteiger partial charge in [0.1, 0.15) is 0 Å². The van der Waals surface area contributed by atoms with E-state index in [1.807, 2.05) is 0 Å². The summed E-state index contributed by atoms with van der Waals surface area (Å²) in [5.74, 6) is -0.304. The maximum atomic E-state index is 11.2. The highest BCUT2D eigenvalue weighted by Gasteiger charge is 2.26. The predicted octanol–water partition coefficient (Wildman–Crippen LogP) is -0.338. The number of nitrogens with two attached hydrogens (primary N) is 1. The molecule has 0 heterocycles. The van der Waals surface area contributed by atoms with Crippen molar-refractivity contribution in [1.82, 2.24) is 5.32 Å². The van der Waals surface area contributed by atoms with Gasteiger partial charge in [-0.3, -0.25) is 4.79 Å². The number of carbonyl (C=O) groups is 1. The number of ether oxygens (including phenoxy) is 3. The lowest BCUT2D eigenvalue weighted by molar-refractivity contribution is -0.120. The predicted molar refractivity (Wildman–Crippen MR) is 67.3 cm³/mol. The minimum Gasteiger partial charge on any atom is -0.382 e. The molecule has 3 N–H and O–H groups in total. The van der Waals surface area contributed by atoms with E-state index in [9.17, 15) is 4.79 Å². The summed E-state index contributed by atoms with van der Waals surface area (Å²) in [4.78, 5) is 11.2. The smallest absolute Gasteiger partial charge is 0.234 e. The Balaban J connectivity index is 1.92. The Kier molecular flexibility index (Phi) is 7.91. The summed E-state index contributed by atoms with van der Waals surface area (Å²) in [6.45, 7) is 2.75. The number of methoxy groups -OCH3 is 1. The second-order valence-electron chi connectivity index (χ2n) is 4.40. The molecule has 0 bridgehead atoms. The molecular formula is C12H24N2O4. The minimum atomic E-state index is -0.304. The number of hydrogen-bond donors (Lipinski definition) is 2. The third-order valence-electron chi connectivity index (χ3n) is 2.71. The van der Waals surface area contributed by atoms with E-state index in [1.54, 1.807) is 7.11 Å². The van der Waals surface area contributed by atoms with Crippen molar-refractivity contribution in [2.24, 2.45) is 5.73 Å². The van der Waals surface area contributed by atoms with Crippen molar-refractivity contribution < 1.29 is 19.0 Å². The largest absolute Gasteiger partial charge is 0.382 e. The average molecular weight is 260 g/mol. The number of amides is 1. The van der Waals surface area contributed by atoms with Crippen LogP contribution in [0.5, 0.6) is 0 Å². The fourth-order valence-electron chi connectivity index (χ4n) is 1.51. The van der Waals surface area contributed by atoms with Crippen molar-refractivity contribution in [3.63, 3.8) is 0 Å². The van der Waals surface area contributed by atoms with Crippen molar-refractivity contribution in [1.29, 1.82) is 0 Å². The van der Waals surface area contributed by atoms with Crippen molar-refractivity contribution in [3.05, 3.63) is 0 Å².